The molecule has 13 nitrogen and oxygen atoms in total. The second-order valence-corrected chi connectivity index (χ2v) is 16.4. The number of nitrogens with one attached hydrogen (secondary N) is 3. The molecular weight excluding hydrogens is 781 g/mol. The summed E-state index contributed by atoms with van der Waals surface area (Å²) < 4.78 is 22.0. The van der Waals surface area contributed by atoms with Crippen molar-refractivity contribution in [1.29, 1.82) is 0 Å². The highest BCUT2D eigenvalue weighted by Gasteiger charge is 2.33. The van der Waals surface area contributed by atoms with Crippen molar-refractivity contribution in [3.05, 3.63) is 106 Å². The summed E-state index contributed by atoms with van der Waals surface area (Å²) in [5.74, 6) is -1.11. The Morgan fingerprint density at radius 3 is 2.34 bits per heavy atom. The molecule has 306 valence electrons. The Morgan fingerprint density at radius 1 is 0.931 bits per heavy atom. The van der Waals surface area contributed by atoms with Crippen LogP contribution in [0.2, 0.25) is 0 Å². The molecule has 15 heteroatoms. The number of carbonyl (C=O) groups excluding carboxylic acids is 5. The molecule has 1 aliphatic heterocycles. The molecule has 0 spiro atoms. The molecule has 0 aliphatic carbocycles. The number of ether oxygens (including phenoxy) is 4. The second kappa shape index (κ2) is 19.6. The SMILES string of the molecule is CCOC(=O)c1c(NC(=O)C(CC)Sc2cccc(NC(=O)/C(=C\c3cccc(OC)c3OC)NC(=O)c3ccccc3)c2)sc2c1CCN(C(=O)OC(C)(C)C)C2. The van der Waals surface area contributed by atoms with Crippen molar-refractivity contribution in [2.24, 2.45) is 0 Å². The highest BCUT2D eigenvalue weighted by molar-refractivity contribution is 8.00. The zero-order valence-electron chi connectivity index (χ0n) is 33.6. The number of rotatable bonds is 14. The summed E-state index contributed by atoms with van der Waals surface area (Å²) in [5, 5.41) is 8.38. The molecule has 1 atom stereocenters. The summed E-state index contributed by atoms with van der Waals surface area (Å²) in [6.07, 6.45) is 1.91. The molecule has 3 N–H and O–H groups in total. The average molecular weight is 829 g/mol. The van der Waals surface area contributed by atoms with Crippen LogP contribution in [0.1, 0.15) is 77.8 Å². The number of hydrogen-bond donors (Lipinski definition) is 3. The molecular formula is C43H48N4O9S2. The molecule has 0 fully saturated rings. The minimum Gasteiger partial charge on any atom is -0.493 e. The Kier molecular flexibility index (Phi) is 14.6. The molecule has 58 heavy (non-hydrogen) atoms. The van der Waals surface area contributed by atoms with Crippen molar-refractivity contribution < 1.29 is 42.9 Å². The van der Waals surface area contributed by atoms with Gasteiger partial charge < -0.3 is 39.8 Å². The van der Waals surface area contributed by atoms with E-state index in [4.69, 9.17) is 18.9 Å². The zero-order chi connectivity index (χ0) is 42.0. The van der Waals surface area contributed by atoms with Gasteiger partial charge in [0.1, 0.15) is 16.3 Å². The lowest BCUT2D eigenvalue weighted by Gasteiger charge is -2.30. The number of amides is 4. The van der Waals surface area contributed by atoms with Crippen LogP contribution in [0.15, 0.2) is 83.4 Å². The number of fused-ring (bicyclic) bond motifs is 1. The molecule has 1 aliphatic rings. The number of nitrogens with zero attached hydrogens (tertiary/aromatic N) is 1. The maximum atomic E-state index is 13.9. The first-order chi connectivity index (χ1) is 27.7. The summed E-state index contributed by atoms with van der Waals surface area (Å²) in [5.41, 5.74) is 1.63. The van der Waals surface area contributed by atoms with Gasteiger partial charge >= 0.3 is 12.1 Å². The van der Waals surface area contributed by atoms with E-state index in [2.05, 4.69) is 16.0 Å². The van der Waals surface area contributed by atoms with Crippen LogP contribution in [0.4, 0.5) is 15.5 Å². The molecule has 1 aromatic heterocycles. The number of anilines is 2. The van der Waals surface area contributed by atoms with Crippen LogP contribution in [0.5, 0.6) is 11.5 Å². The maximum Gasteiger partial charge on any atom is 0.410 e. The molecule has 4 amide bonds. The van der Waals surface area contributed by atoms with Gasteiger partial charge in [-0.1, -0.05) is 43.3 Å². The number of methoxy groups -OCH3 is 2. The molecule has 0 saturated carbocycles. The zero-order valence-corrected chi connectivity index (χ0v) is 35.2. The van der Waals surface area contributed by atoms with Crippen molar-refractivity contribution in [3.8, 4) is 11.5 Å². The summed E-state index contributed by atoms with van der Waals surface area (Å²) >= 11 is 2.54. The first kappa shape index (κ1) is 43.3. The van der Waals surface area contributed by atoms with E-state index in [1.807, 2.05) is 13.0 Å². The van der Waals surface area contributed by atoms with Gasteiger partial charge in [-0.25, -0.2) is 9.59 Å². The van der Waals surface area contributed by atoms with Gasteiger partial charge in [-0.05, 0) is 88.6 Å². The van der Waals surface area contributed by atoms with Gasteiger partial charge in [-0.15, -0.1) is 23.1 Å². The van der Waals surface area contributed by atoms with Gasteiger partial charge in [-0.2, -0.15) is 0 Å². The number of hydrogen-bond acceptors (Lipinski definition) is 11. The molecule has 1 unspecified atom stereocenters. The van der Waals surface area contributed by atoms with E-state index < -0.39 is 34.7 Å². The van der Waals surface area contributed by atoms with Gasteiger partial charge in [0, 0.05) is 33.1 Å². The number of benzene rings is 3. The molecule has 0 radical (unpaired) electrons. The monoisotopic (exact) mass is 828 g/mol. The fraction of sp³-hybridized carbons (Fsp3) is 0.326. The highest BCUT2D eigenvalue weighted by atomic mass is 32.2. The largest absolute Gasteiger partial charge is 0.493 e. The molecule has 0 saturated heterocycles. The second-order valence-electron chi connectivity index (χ2n) is 14.0. The number of carbonyl (C=O) groups is 5. The lowest BCUT2D eigenvalue weighted by Crippen LogP contribution is -2.39. The summed E-state index contributed by atoms with van der Waals surface area (Å²) in [4.78, 5) is 70.1. The van der Waals surface area contributed by atoms with Crippen molar-refractivity contribution in [1.82, 2.24) is 10.2 Å². The lowest BCUT2D eigenvalue weighted by molar-refractivity contribution is -0.116. The number of thiophene rings is 1. The van der Waals surface area contributed by atoms with Crippen LogP contribution in [-0.2, 0) is 32.0 Å². The van der Waals surface area contributed by atoms with Crippen LogP contribution in [-0.4, -0.2) is 72.9 Å². The van der Waals surface area contributed by atoms with E-state index in [9.17, 15) is 24.0 Å². The molecule has 5 rings (SSSR count). The predicted molar refractivity (Wildman–Crippen MR) is 226 cm³/mol. The van der Waals surface area contributed by atoms with Gasteiger partial charge in [0.05, 0.1) is 38.2 Å². The van der Waals surface area contributed by atoms with Crippen molar-refractivity contribution in [2.45, 2.75) is 69.8 Å². The number of esters is 1. The number of thioether (sulfide) groups is 1. The van der Waals surface area contributed by atoms with Crippen LogP contribution in [0.3, 0.4) is 0 Å². The summed E-state index contributed by atoms with van der Waals surface area (Å²) in [6.45, 7) is 9.76. The van der Waals surface area contributed by atoms with Gasteiger partial charge in [-0.3, -0.25) is 14.4 Å². The number of para-hydroxylation sites is 1. The smallest absolute Gasteiger partial charge is 0.410 e. The molecule has 0 bridgehead atoms. The first-order valence-corrected chi connectivity index (χ1v) is 20.4. The van der Waals surface area contributed by atoms with E-state index in [-0.39, 0.29) is 24.8 Å². The molecule has 4 aromatic rings. The van der Waals surface area contributed by atoms with E-state index >= 15 is 0 Å². The van der Waals surface area contributed by atoms with Crippen LogP contribution in [0.25, 0.3) is 6.08 Å². The van der Waals surface area contributed by atoms with E-state index in [1.54, 1.807) is 99.3 Å². The van der Waals surface area contributed by atoms with Crippen molar-refractivity contribution in [2.75, 3.05) is 38.0 Å². The lowest BCUT2D eigenvalue weighted by atomic mass is 10.0. The third-order valence-electron chi connectivity index (χ3n) is 8.72. The van der Waals surface area contributed by atoms with Crippen LogP contribution >= 0.6 is 23.1 Å². The minimum absolute atomic E-state index is 0.0467. The van der Waals surface area contributed by atoms with Crippen LogP contribution < -0.4 is 25.4 Å². The highest BCUT2D eigenvalue weighted by Crippen LogP contribution is 2.39. The fourth-order valence-corrected chi connectivity index (χ4v) is 8.31. The van der Waals surface area contributed by atoms with E-state index in [0.717, 1.165) is 10.4 Å². The van der Waals surface area contributed by atoms with Crippen LogP contribution in [0, 0.1) is 0 Å². The van der Waals surface area contributed by atoms with Crippen molar-refractivity contribution in [3.63, 3.8) is 0 Å². The first-order valence-electron chi connectivity index (χ1n) is 18.7. The Hall–Kier alpha value is -5.80. The van der Waals surface area contributed by atoms with Gasteiger partial charge in [0.15, 0.2) is 11.5 Å². The summed E-state index contributed by atoms with van der Waals surface area (Å²) in [6, 6.07) is 20.7. The normalized spacial score (nSPS) is 13.1. The third-order valence-corrected chi connectivity index (χ3v) is 11.2. The third kappa shape index (κ3) is 11.0. The standard InChI is InChI=1S/C43H48N4O9S2/c1-8-33(39(50)46-40-35(41(51)55-9-2)30-21-22-47(25-34(30)58-40)42(52)56-43(3,4)5)57-29-19-14-18-28(24-29)44-38(49)31(45-37(48)26-15-11-10-12-16-26)23-27-17-13-20-32(53-6)36(27)54-7/h10-20,23-24,33H,8-9,21-22,25H2,1-7H3,(H,44,49)(H,45,48)(H,46,50)/b31-23+. The minimum atomic E-state index is -0.660. The quantitative estimate of drug-likeness (QED) is 0.0643. The Balaban J connectivity index is 1.35. The average Bonchev–Trinajstić information content (AvgIpc) is 3.56. The molecule has 3 aromatic carbocycles. The summed E-state index contributed by atoms with van der Waals surface area (Å²) in [7, 11) is 2.99. The maximum absolute atomic E-state index is 13.9. The van der Waals surface area contributed by atoms with Gasteiger partial charge in [0.25, 0.3) is 11.8 Å². The van der Waals surface area contributed by atoms with Crippen molar-refractivity contribution >= 4 is 69.6 Å². The van der Waals surface area contributed by atoms with E-state index in [1.165, 1.54) is 43.4 Å². The molecule has 2 heterocycles. The van der Waals surface area contributed by atoms with E-state index in [0.29, 0.717) is 63.2 Å². The fourth-order valence-electron chi connectivity index (χ4n) is 6.04. The topological polar surface area (TPSA) is 162 Å². The Labute approximate surface area is 346 Å². The Bertz CT molecular complexity index is 2180. The Morgan fingerprint density at radius 2 is 1.67 bits per heavy atom. The van der Waals surface area contributed by atoms with Gasteiger partial charge in [0.2, 0.25) is 5.91 Å². The predicted octanol–water partition coefficient (Wildman–Crippen LogP) is 8.15.